The van der Waals surface area contributed by atoms with Gasteiger partial charge in [0.1, 0.15) is 6.04 Å². The van der Waals surface area contributed by atoms with Crippen LogP contribution in [-0.2, 0) is 21.2 Å². The van der Waals surface area contributed by atoms with E-state index < -0.39 is 16.1 Å². The molecule has 1 aliphatic heterocycles. The average molecular weight is 372 g/mol. The smallest absolute Gasteiger partial charge is 0.265 e. The number of fused-ring (bicyclic) bond motifs is 1. The number of nitrogens with one attached hydrogen (secondary N) is 1. The van der Waals surface area contributed by atoms with Crippen molar-refractivity contribution in [2.45, 2.75) is 45.1 Å². The minimum absolute atomic E-state index is 0.269. The zero-order valence-corrected chi connectivity index (χ0v) is 16.4. The van der Waals surface area contributed by atoms with Gasteiger partial charge < -0.3 is 5.32 Å². The molecule has 1 atom stereocenters. The van der Waals surface area contributed by atoms with Gasteiger partial charge in [0.05, 0.1) is 10.6 Å². The summed E-state index contributed by atoms with van der Waals surface area (Å²) in [7, 11) is -3.87. The Morgan fingerprint density at radius 1 is 1.15 bits per heavy atom. The van der Waals surface area contributed by atoms with Crippen LogP contribution in [0.4, 0.5) is 5.69 Å². The van der Waals surface area contributed by atoms with Crippen molar-refractivity contribution in [1.82, 2.24) is 5.32 Å². The van der Waals surface area contributed by atoms with E-state index in [9.17, 15) is 13.2 Å². The van der Waals surface area contributed by atoms with Gasteiger partial charge in [-0.15, -0.1) is 0 Å². The summed E-state index contributed by atoms with van der Waals surface area (Å²) in [5.74, 6) is -0.269. The van der Waals surface area contributed by atoms with Crippen LogP contribution < -0.4 is 9.62 Å². The lowest BCUT2D eigenvalue weighted by Gasteiger charge is -2.27. The third kappa shape index (κ3) is 2.98. The van der Waals surface area contributed by atoms with Crippen molar-refractivity contribution in [3.8, 4) is 0 Å². The monoisotopic (exact) mass is 372 g/mol. The van der Waals surface area contributed by atoms with Crippen LogP contribution in [0.5, 0.6) is 0 Å². The van der Waals surface area contributed by atoms with Crippen LogP contribution in [0.3, 0.4) is 0 Å². The van der Waals surface area contributed by atoms with Crippen molar-refractivity contribution >= 4 is 21.6 Å². The first kappa shape index (κ1) is 18.5. The second-order valence-electron chi connectivity index (χ2n) is 6.77. The number of hydrogen-bond acceptors (Lipinski definition) is 3. The quantitative estimate of drug-likeness (QED) is 0.897. The summed E-state index contributed by atoms with van der Waals surface area (Å²) in [4.78, 5) is 12.9. The van der Waals surface area contributed by atoms with E-state index in [2.05, 4.69) is 5.32 Å². The molecule has 1 amide bonds. The lowest BCUT2D eigenvalue weighted by atomic mass is 10.1. The second-order valence-corrected chi connectivity index (χ2v) is 8.52. The Balaban J connectivity index is 2.19. The molecule has 0 fully saturated rings. The van der Waals surface area contributed by atoms with Gasteiger partial charge in [-0.3, -0.25) is 9.10 Å². The molecule has 1 aliphatic rings. The van der Waals surface area contributed by atoms with Crippen molar-refractivity contribution in [3.63, 3.8) is 0 Å². The molecule has 2 aromatic rings. The molecule has 0 saturated carbocycles. The maximum Gasteiger partial charge on any atom is 0.265 e. The van der Waals surface area contributed by atoms with E-state index in [1.54, 1.807) is 26.0 Å². The summed E-state index contributed by atoms with van der Waals surface area (Å²) in [6.07, 6.45) is 0.380. The molecule has 2 aromatic carbocycles. The first-order valence-corrected chi connectivity index (χ1v) is 10.2. The lowest BCUT2D eigenvalue weighted by Crippen LogP contribution is -2.48. The molecule has 0 radical (unpaired) electrons. The van der Waals surface area contributed by atoms with E-state index in [0.717, 1.165) is 11.1 Å². The number of aryl methyl sites for hydroxylation is 3. The van der Waals surface area contributed by atoms with Crippen LogP contribution in [0.1, 0.15) is 29.2 Å². The van der Waals surface area contributed by atoms with Gasteiger partial charge >= 0.3 is 0 Å². The summed E-state index contributed by atoms with van der Waals surface area (Å²) in [6.45, 7) is 7.83. The number of likely N-dealkylation sites (N-methyl/N-ethyl adjacent to an activating group) is 1. The number of benzene rings is 2. The fraction of sp³-hybridized carbons (Fsp3) is 0.350. The van der Waals surface area contributed by atoms with Gasteiger partial charge in [0.15, 0.2) is 0 Å². The van der Waals surface area contributed by atoms with E-state index in [1.807, 2.05) is 38.1 Å². The number of para-hydroxylation sites is 1. The molecule has 138 valence electrons. The molecule has 0 spiro atoms. The third-order valence-electron chi connectivity index (χ3n) is 4.70. The minimum atomic E-state index is -3.87. The fourth-order valence-corrected chi connectivity index (χ4v) is 5.89. The largest absolute Gasteiger partial charge is 0.355 e. The predicted octanol–water partition coefficient (Wildman–Crippen LogP) is 2.87. The lowest BCUT2D eigenvalue weighted by molar-refractivity contribution is -0.121. The molecule has 26 heavy (non-hydrogen) atoms. The van der Waals surface area contributed by atoms with Crippen LogP contribution in [0.15, 0.2) is 41.3 Å². The predicted molar refractivity (Wildman–Crippen MR) is 103 cm³/mol. The number of sulfonamides is 1. The Kier molecular flexibility index (Phi) is 4.80. The maximum atomic E-state index is 13.6. The molecule has 1 heterocycles. The molecule has 1 N–H and O–H groups in total. The Hall–Kier alpha value is -2.34. The Morgan fingerprint density at radius 3 is 2.38 bits per heavy atom. The van der Waals surface area contributed by atoms with Crippen LogP contribution in [-0.4, -0.2) is 26.9 Å². The molecule has 0 aromatic heterocycles. The van der Waals surface area contributed by atoms with Crippen LogP contribution in [0.25, 0.3) is 0 Å². The number of amides is 1. The molecule has 1 unspecified atom stereocenters. The first-order valence-electron chi connectivity index (χ1n) is 8.75. The van der Waals surface area contributed by atoms with E-state index >= 15 is 0 Å². The molecule has 0 saturated heterocycles. The number of rotatable bonds is 4. The van der Waals surface area contributed by atoms with E-state index in [1.165, 1.54) is 4.31 Å². The number of carbonyl (C=O) groups is 1. The minimum Gasteiger partial charge on any atom is -0.355 e. The Morgan fingerprint density at radius 2 is 1.77 bits per heavy atom. The Labute approximate surface area is 155 Å². The topological polar surface area (TPSA) is 66.5 Å². The summed E-state index contributed by atoms with van der Waals surface area (Å²) < 4.78 is 28.5. The van der Waals surface area contributed by atoms with E-state index in [4.69, 9.17) is 0 Å². The highest BCUT2D eigenvalue weighted by atomic mass is 32.2. The average Bonchev–Trinajstić information content (AvgIpc) is 2.94. The zero-order valence-electron chi connectivity index (χ0n) is 15.5. The number of carbonyl (C=O) groups excluding carboxylic acids is 1. The van der Waals surface area contributed by atoms with E-state index in [-0.39, 0.29) is 10.8 Å². The summed E-state index contributed by atoms with van der Waals surface area (Å²) in [5, 5.41) is 2.77. The van der Waals surface area contributed by atoms with Gasteiger partial charge in [-0.25, -0.2) is 8.42 Å². The highest BCUT2D eigenvalue weighted by molar-refractivity contribution is 7.93. The van der Waals surface area contributed by atoms with E-state index in [0.29, 0.717) is 29.8 Å². The molecule has 0 aliphatic carbocycles. The van der Waals surface area contributed by atoms with Crippen molar-refractivity contribution < 1.29 is 13.2 Å². The van der Waals surface area contributed by atoms with Gasteiger partial charge in [-0.2, -0.15) is 0 Å². The number of anilines is 1. The van der Waals surface area contributed by atoms with Crippen molar-refractivity contribution in [3.05, 3.63) is 58.7 Å². The normalized spacial score (nSPS) is 16.5. The van der Waals surface area contributed by atoms with Gasteiger partial charge in [-0.1, -0.05) is 35.9 Å². The highest BCUT2D eigenvalue weighted by Crippen LogP contribution is 2.38. The van der Waals surface area contributed by atoms with Gasteiger partial charge in [0.25, 0.3) is 10.0 Å². The van der Waals surface area contributed by atoms with Gasteiger partial charge in [0, 0.05) is 13.0 Å². The zero-order chi connectivity index (χ0) is 19.1. The standard InChI is InChI=1S/C20H24N2O3S/c1-5-21-20(23)18-12-16-8-6-7-9-17(16)22(18)26(24,25)19-14(3)10-13(2)11-15(19)4/h6-11,18H,5,12H2,1-4H3,(H,21,23). The molecule has 3 rings (SSSR count). The SMILES string of the molecule is CCNC(=O)C1Cc2ccccc2N1S(=O)(=O)c1c(C)cc(C)cc1C. The van der Waals surface area contributed by atoms with Crippen LogP contribution in [0, 0.1) is 20.8 Å². The molecule has 6 heteroatoms. The molecular weight excluding hydrogens is 348 g/mol. The van der Waals surface area contributed by atoms with Crippen molar-refractivity contribution in [1.29, 1.82) is 0 Å². The van der Waals surface area contributed by atoms with Crippen molar-refractivity contribution in [2.75, 3.05) is 10.8 Å². The van der Waals surface area contributed by atoms with Gasteiger partial charge in [0.2, 0.25) is 5.91 Å². The maximum absolute atomic E-state index is 13.6. The third-order valence-corrected chi connectivity index (χ3v) is 6.83. The summed E-state index contributed by atoms with van der Waals surface area (Å²) in [5.41, 5.74) is 3.86. The van der Waals surface area contributed by atoms with Crippen LogP contribution >= 0.6 is 0 Å². The molecular formula is C20H24N2O3S. The Bertz CT molecular complexity index is 944. The van der Waals surface area contributed by atoms with Crippen molar-refractivity contribution in [2.24, 2.45) is 0 Å². The highest BCUT2D eigenvalue weighted by Gasteiger charge is 2.42. The van der Waals surface area contributed by atoms with Gasteiger partial charge in [-0.05, 0) is 50.5 Å². The molecule has 5 nitrogen and oxygen atoms in total. The number of hydrogen-bond donors (Lipinski definition) is 1. The molecule has 0 bridgehead atoms. The summed E-state index contributed by atoms with van der Waals surface area (Å²) >= 11 is 0. The second kappa shape index (κ2) is 6.76. The first-order chi connectivity index (χ1) is 12.3. The number of nitrogens with zero attached hydrogens (tertiary/aromatic N) is 1. The fourth-order valence-electron chi connectivity index (χ4n) is 3.82. The van der Waals surface area contributed by atoms with Crippen LogP contribution in [0.2, 0.25) is 0 Å². The summed E-state index contributed by atoms with van der Waals surface area (Å²) in [6, 6.07) is 10.3.